The summed E-state index contributed by atoms with van der Waals surface area (Å²) in [7, 11) is -3.25. The van der Waals surface area contributed by atoms with Crippen molar-refractivity contribution in [2.75, 3.05) is 30.9 Å². The molecule has 1 fully saturated rings. The van der Waals surface area contributed by atoms with Gasteiger partial charge in [0, 0.05) is 31.3 Å². The molecule has 3 heterocycles. The van der Waals surface area contributed by atoms with Crippen LogP contribution >= 0.6 is 0 Å². The highest BCUT2D eigenvalue weighted by molar-refractivity contribution is 7.90. The van der Waals surface area contributed by atoms with E-state index in [-0.39, 0.29) is 10.8 Å². The number of aromatic nitrogens is 3. The molecule has 9 heteroatoms. The van der Waals surface area contributed by atoms with E-state index in [4.69, 9.17) is 9.26 Å². The van der Waals surface area contributed by atoms with Gasteiger partial charge in [0.15, 0.2) is 15.7 Å². The fraction of sp³-hybridized carbons (Fsp3) is 0.650. The van der Waals surface area contributed by atoms with E-state index in [9.17, 15) is 8.42 Å². The first-order valence-corrected chi connectivity index (χ1v) is 12.0. The van der Waals surface area contributed by atoms with Crippen molar-refractivity contribution in [1.82, 2.24) is 15.1 Å². The minimum atomic E-state index is -3.25. The third kappa shape index (κ3) is 5.68. The van der Waals surface area contributed by atoms with Gasteiger partial charge in [-0.1, -0.05) is 19.0 Å². The van der Waals surface area contributed by atoms with E-state index >= 15 is 0 Å². The zero-order valence-corrected chi connectivity index (χ0v) is 18.4. The van der Waals surface area contributed by atoms with Gasteiger partial charge in [-0.3, -0.25) is 0 Å². The molecule has 0 bridgehead atoms. The van der Waals surface area contributed by atoms with Gasteiger partial charge in [-0.05, 0) is 44.6 Å². The molecule has 0 aromatic carbocycles. The number of rotatable bonds is 8. The lowest BCUT2D eigenvalue weighted by atomic mass is 9.92. The number of aryl methyl sites for hydroxylation is 1. The molecule has 0 radical (unpaired) electrons. The Balaban J connectivity index is 1.39. The predicted molar refractivity (Wildman–Crippen MR) is 110 cm³/mol. The van der Waals surface area contributed by atoms with Crippen molar-refractivity contribution in [2.24, 2.45) is 5.92 Å². The molecule has 0 atom stereocenters. The van der Waals surface area contributed by atoms with Crippen LogP contribution in [0.3, 0.4) is 0 Å². The van der Waals surface area contributed by atoms with Crippen LogP contribution in [0.1, 0.15) is 57.0 Å². The van der Waals surface area contributed by atoms with Crippen molar-refractivity contribution in [3.05, 3.63) is 23.7 Å². The Labute approximate surface area is 172 Å². The van der Waals surface area contributed by atoms with Crippen LogP contribution in [0.25, 0.3) is 0 Å². The summed E-state index contributed by atoms with van der Waals surface area (Å²) in [6, 6.07) is 3.82. The van der Waals surface area contributed by atoms with E-state index in [0.717, 1.165) is 44.6 Å². The van der Waals surface area contributed by atoms with Crippen LogP contribution in [0.5, 0.6) is 5.88 Å². The number of pyridine rings is 1. The fourth-order valence-corrected chi connectivity index (χ4v) is 4.45. The highest BCUT2D eigenvalue weighted by atomic mass is 32.2. The summed E-state index contributed by atoms with van der Waals surface area (Å²) in [5, 5.41) is 4.04. The van der Waals surface area contributed by atoms with Crippen LogP contribution in [-0.2, 0) is 9.84 Å². The molecule has 1 aliphatic heterocycles. The lowest BCUT2D eigenvalue weighted by molar-refractivity contribution is 0.268. The Morgan fingerprint density at radius 3 is 2.55 bits per heavy atom. The van der Waals surface area contributed by atoms with E-state index in [0.29, 0.717) is 30.1 Å². The van der Waals surface area contributed by atoms with E-state index in [1.54, 1.807) is 19.1 Å². The average molecular weight is 423 g/mol. The quantitative estimate of drug-likeness (QED) is 0.597. The summed E-state index contributed by atoms with van der Waals surface area (Å²) in [6.07, 6.45) is 5.41. The van der Waals surface area contributed by atoms with Crippen LogP contribution in [0.4, 0.5) is 6.01 Å². The van der Waals surface area contributed by atoms with Gasteiger partial charge >= 0.3 is 6.01 Å². The average Bonchev–Trinajstić information content (AvgIpc) is 3.15. The van der Waals surface area contributed by atoms with Crippen LogP contribution in [0, 0.1) is 12.8 Å². The van der Waals surface area contributed by atoms with Crippen molar-refractivity contribution >= 4 is 15.9 Å². The van der Waals surface area contributed by atoms with E-state index < -0.39 is 9.84 Å². The molecule has 3 rings (SSSR count). The molecule has 2 aromatic heterocycles. The fourth-order valence-electron chi connectivity index (χ4n) is 3.55. The highest BCUT2D eigenvalue weighted by Crippen LogP contribution is 2.26. The largest absolute Gasteiger partial charge is 0.478 e. The first kappa shape index (κ1) is 21.5. The molecule has 0 saturated carbocycles. The maximum Gasteiger partial charge on any atom is 0.324 e. The molecule has 160 valence electrons. The topological polar surface area (TPSA) is 98.4 Å². The Kier molecular flexibility index (Phi) is 6.77. The van der Waals surface area contributed by atoms with Crippen molar-refractivity contribution in [3.8, 4) is 5.88 Å². The number of sulfone groups is 1. The van der Waals surface area contributed by atoms with E-state index in [1.165, 1.54) is 6.26 Å². The van der Waals surface area contributed by atoms with Gasteiger partial charge < -0.3 is 14.2 Å². The van der Waals surface area contributed by atoms with Crippen LogP contribution in [0.15, 0.2) is 21.6 Å². The standard InChI is InChI=1S/C20H30N4O4S/c1-14(2)19-22-20(28-23-19)24-11-9-16(10-12-24)6-5-13-27-18-8-7-17(15(3)21-18)29(4,25)26/h7-8,14,16H,5-6,9-13H2,1-4H3. The number of nitrogens with zero attached hydrogens (tertiary/aromatic N) is 4. The highest BCUT2D eigenvalue weighted by Gasteiger charge is 2.23. The Morgan fingerprint density at radius 2 is 1.97 bits per heavy atom. The predicted octanol–water partition coefficient (Wildman–Crippen LogP) is 3.38. The molecule has 1 saturated heterocycles. The molecule has 29 heavy (non-hydrogen) atoms. The molecule has 0 N–H and O–H groups in total. The zero-order valence-electron chi connectivity index (χ0n) is 17.6. The Hall–Kier alpha value is -2.16. The van der Waals surface area contributed by atoms with Crippen LogP contribution in [0.2, 0.25) is 0 Å². The van der Waals surface area contributed by atoms with Crippen LogP contribution < -0.4 is 9.64 Å². The normalized spacial score (nSPS) is 15.8. The molecule has 1 aliphatic rings. The maximum atomic E-state index is 11.6. The van der Waals surface area contributed by atoms with Crippen molar-refractivity contribution in [1.29, 1.82) is 0 Å². The molecule has 8 nitrogen and oxygen atoms in total. The van der Waals surface area contributed by atoms with Crippen molar-refractivity contribution in [3.63, 3.8) is 0 Å². The Bertz CT molecular complexity index is 918. The lowest BCUT2D eigenvalue weighted by Crippen LogP contribution is -2.34. The number of ether oxygens (including phenoxy) is 1. The van der Waals surface area contributed by atoms with Gasteiger partial charge in [-0.15, -0.1) is 0 Å². The number of piperidine rings is 1. The van der Waals surface area contributed by atoms with Gasteiger partial charge in [0.25, 0.3) is 0 Å². The first-order chi connectivity index (χ1) is 13.7. The summed E-state index contributed by atoms with van der Waals surface area (Å²) >= 11 is 0. The minimum absolute atomic E-state index is 0.248. The summed E-state index contributed by atoms with van der Waals surface area (Å²) in [4.78, 5) is 11.1. The summed E-state index contributed by atoms with van der Waals surface area (Å²) in [5.41, 5.74) is 0.471. The van der Waals surface area contributed by atoms with E-state index in [1.807, 2.05) is 0 Å². The maximum absolute atomic E-state index is 11.6. The third-order valence-electron chi connectivity index (χ3n) is 5.25. The minimum Gasteiger partial charge on any atom is -0.478 e. The molecule has 0 aliphatic carbocycles. The molecular formula is C20H30N4O4S. The monoisotopic (exact) mass is 422 g/mol. The molecule has 0 spiro atoms. The second-order valence-corrected chi connectivity index (χ2v) is 10.0. The second-order valence-electron chi connectivity index (χ2n) is 8.02. The summed E-state index contributed by atoms with van der Waals surface area (Å²) in [5.74, 6) is 2.16. The van der Waals surface area contributed by atoms with Gasteiger partial charge in [0.05, 0.1) is 17.2 Å². The van der Waals surface area contributed by atoms with Gasteiger partial charge in [0.1, 0.15) is 0 Å². The van der Waals surface area contributed by atoms with Crippen molar-refractivity contribution in [2.45, 2.75) is 57.3 Å². The first-order valence-electron chi connectivity index (χ1n) is 10.1. The second kappa shape index (κ2) is 9.11. The van der Waals surface area contributed by atoms with E-state index in [2.05, 4.69) is 33.9 Å². The molecule has 0 unspecified atom stereocenters. The SMILES string of the molecule is Cc1nc(OCCCC2CCN(c3nc(C(C)C)no3)CC2)ccc1S(C)(=O)=O. The van der Waals surface area contributed by atoms with Crippen molar-refractivity contribution < 1.29 is 17.7 Å². The number of anilines is 1. The van der Waals surface area contributed by atoms with Crippen LogP contribution in [-0.4, -0.2) is 49.5 Å². The van der Waals surface area contributed by atoms with Gasteiger partial charge in [-0.25, -0.2) is 13.4 Å². The molecular weight excluding hydrogens is 392 g/mol. The molecule has 0 amide bonds. The molecule has 2 aromatic rings. The third-order valence-corrected chi connectivity index (χ3v) is 6.48. The zero-order chi connectivity index (χ0) is 21.0. The number of hydrogen-bond acceptors (Lipinski definition) is 8. The summed E-state index contributed by atoms with van der Waals surface area (Å²) < 4.78 is 34.4. The van der Waals surface area contributed by atoms with Gasteiger partial charge in [-0.2, -0.15) is 4.98 Å². The number of hydrogen-bond donors (Lipinski definition) is 0. The smallest absolute Gasteiger partial charge is 0.324 e. The lowest BCUT2D eigenvalue weighted by Gasteiger charge is -2.30. The summed E-state index contributed by atoms with van der Waals surface area (Å²) in [6.45, 7) is 8.23. The Morgan fingerprint density at radius 1 is 1.24 bits per heavy atom. The van der Waals surface area contributed by atoms with Gasteiger partial charge in [0.2, 0.25) is 5.88 Å².